The summed E-state index contributed by atoms with van der Waals surface area (Å²) in [4.78, 5) is 26.5. The van der Waals surface area contributed by atoms with Gasteiger partial charge in [0.2, 0.25) is 0 Å². The molecule has 0 saturated heterocycles. The summed E-state index contributed by atoms with van der Waals surface area (Å²) in [7, 11) is 1.95. The van der Waals surface area contributed by atoms with Gasteiger partial charge in [0.05, 0.1) is 25.0 Å². The maximum Gasteiger partial charge on any atom is 0.251 e. The van der Waals surface area contributed by atoms with Crippen molar-refractivity contribution in [3.63, 3.8) is 0 Å². The van der Waals surface area contributed by atoms with Gasteiger partial charge in [-0.15, -0.1) is 24.0 Å². The predicted molar refractivity (Wildman–Crippen MR) is 137 cm³/mol. The molecule has 2 aromatic carbocycles. The summed E-state index contributed by atoms with van der Waals surface area (Å²) >= 11 is 0. The topological polar surface area (TPSA) is 106 Å². The second-order valence-corrected chi connectivity index (χ2v) is 7.00. The summed E-state index contributed by atoms with van der Waals surface area (Å²) in [5, 5.41) is 15.4. The summed E-state index contributed by atoms with van der Waals surface area (Å²) in [6.07, 6.45) is 1.83. The highest BCUT2D eigenvalue weighted by atomic mass is 127. The minimum atomic E-state index is -0.197. The Balaban J connectivity index is 0.00000363. The zero-order valence-electron chi connectivity index (χ0n) is 18.2. The number of phenolic OH excluding ortho intramolecular Hbond substituents is 1. The van der Waals surface area contributed by atoms with Crippen molar-refractivity contribution in [3.8, 4) is 17.0 Å². The number of guanidine groups is 1. The number of nitrogens with one attached hydrogen (secondary N) is 3. The van der Waals surface area contributed by atoms with E-state index >= 15 is 0 Å². The highest BCUT2D eigenvalue weighted by molar-refractivity contribution is 14.0. The second-order valence-electron chi connectivity index (χ2n) is 7.00. The Morgan fingerprint density at radius 1 is 1.12 bits per heavy atom. The fraction of sp³-hybridized carbons (Fsp3) is 0.261. The van der Waals surface area contributed by atoms with Crippen LogP contribution in [0.4, 0.5) is 0 Å². The normalized spacial score (nSPS) is 10.9. The first-order valence-electron chi connectivity index (χ1n) is 10.2. The molecular formula is C23H29IN6O2. The van der Waals surface area contributed by atoms with E-state index in [2.05, 4.69) is 25.6 Å². The number of benzene rings is 2. The van der Waals surface area contributed by atoms with E-state index in [9.17, 15) is 9.90 Å². The first-order valence-corrected chi connectivity index (χ1v) is 10.2. The van der Waals surface area contributed by atoms with Crippen LogP contribution in [0.15, 0.2) is 65.8 Å². The number of hydrogen-bond donors (Lipinski definition) is 4. The maximum absolute atomic E-state index is 12.1. The van der Waals surface area contributed by atoms with Crippen LogP contribution >= 0.6 is 24.0 Å². The molecule has 0 aliphatic heterocycles. The van der Waals surface area contributed by atoms with Gasteiger partial charge in [0, 0.05) is 25.7 Å². The van der Waals surface area contributed by atoms with E-state index in [1.165, 1.54) is 12.1 Å². The SMILES string of the molecule is CCNC(=NCCNC(=O)c1ccc(O)cc1)N(C)Cc1ncc(-c2ccccc2)[nH]1.I. The van der Waals surface area contributed by atoms with Gasteiger partial charge in [-0.3, -0.25) is 9.79 Å². The Kier molecular flexibility index (Phi) is 9.99. The fourth-order valence-electron chi connectivity index (χ4n) is 3.02. The molecule has 0 aliphatic rings. The number of aromatic hydroxyl groups is 1. The van der Waals surface area contributed by atoms with E-state index in [-0.39, 0.29) is 35.6 Å². The standard InChI is InChI=1S/C23H28N6O2.HI/c1-3-24-23(26-14-13-25-22(31)18-9-11-19(30)12-10-18)29(2)16-21-27-15-20(28-21)17-7-5-4-6-8-17;/h4-12,15,30H,3,13-14,16H2,1-2H3,(H,24,26)(H,25,31)(H,27,28);1H. The van der Waals surface area contributed by atoms with E-state index in [1.54, 1.807) is 12.1 Å². The van der Waals surface area contributed by atoms with Crippen molar-refractivity contribution in [1.82, 2.24) is 25.5 Å². The molecule has 1 aromatic heterocycles. The van der Waals surface area contributed by atoms with Crippen LogP contribution in [-0.2, 0) is 6.54 Å². The van der Waals surface area contributed by atoms with E-state index in [0.717, 1.165) is 29.6 Å². The van der Waals surface area contributed by atoms with Crippen LogP contribution in [-0.4, -0.2) is 58.5 Å². The van der Waals surface area contributed by atoms with Gasteiger partial charge in [0.15, 0.2) is 5.96 Å². The van der Waals surface area contributed by atoms with Crippen molar-refractivity contribution in [2.45, 2.75) is 13.5 Å². The third-order valence-electron chi connectivity index (χ3n) is 4.59. The number of nitrogens with zero attached hydrogens (tertiary/aromatic N) is 3. The van der Waals surface area contributed by atoms with E-state index in [0.29, 0.717) is 25.2 Å². The second kappa shape index (κ2) is 12.7. The van der Waals surface area contributed by atoms with Crippen molar-refractivity contribution >= 4 is 35.8 Å². The van der Waals surface area contributed by atoms with Crippen molar-refractivity contribution in [3.05, 3.63) is 72.2 Å². The lowest BCUT2D eigenvalue weighted by molar-refractivity contribution is 0.0955. The van der Waals surface area contributed by atoms with Crippen LogP contribution in [0, 0.1) is 0 Å². The molecule has 0 aliphatic carbocycles. The van der Waals surface area contributed by atoms with E-state index in [1.807, 2.05) is 55.4 Å². The summed E-state index contributed by atoms with van der Waals surface area (Å²) in [5.41, 5.74) is 2.56. The Morgan fingerprint density at radius 2 is 1.84 bits per heavy atom. The molecule has 0 saturated carbocycles. The molecular weight excluding hydrogens is 519 g/mol. The largest absolute Gasteiger partial charge is 0.508 e. The molecule has 0 bridgehead atoms. The molecule has 0 spiro atoms. The highest BCUT2D eigenvalue weighted by Crippen LogP contribution is 2.16. The van der Waals surface area contributed by atoms with Gasteiger partial charge in [-0.1, -0.05) is 30.3 Å². The molecule has 0 radical (unpaired) electrons. The lowest BCUT2D eigenvalue weighted by Crippen LogP contribution is -2.39. The third kappa shape index (κ3) is 7.26. The Bertz CT molecular complexity index is 1000. The summed E-state index contributed by atoms with van der Waals surface area (Å²) in [6, 6.07) is 16.2. The number of carbonyl (C=O) groups is 1. The number of phenols is 1. The maximum atomic E-state index is 12.1. The Hall–Kier alpha value is -3.08. The predicted octanol–water partition coefficient (Wildman–Crippen LogP) is 3.23. The molecule has 8 nitrogen and oxygen atoms in total. The molecule has 9 heteroatoms. The van der Waals surface area contributed by atoms with E-state index in [4.69, 9.17) is 0 Å². The molecule has 3 aromatic rings. The first kappa shape index (κ1) is 25.2. The summed E-state index contributed by atoms with van der Waals surface area (Å²) in [5.74, 6) is 1.51. The number of carbonyl (C=O) groups excluding carboxylic acids is 1. The van der Waals surface area contributed by atoms with Crippen LogP contribution in [0.25, 0.3) is 11.3 Å². The van der Waals surface area contributed by atoms with Crippen molar-refractivity contribution in [2.75, 3.05) is 26.7 Å². The monoisotopic (exact) mass is 548 g/mol. The zero-order chi connectivity index (χ0) is 22.1. The molecule has 0 fully saturated rings. The molecule has 170 valence electrons. The smallest absolute Gasteiger partial charge is 0.251 e. The van der Waals surface area contributed by atoms with Crippen molar-refractivity contribution in [2.24, 2.45) is 4.99 Å². The average Bonchev–Trinajstić information content (AvgIpc) is 3.25. The van der Waals surface area contributed by atoms with Crippen LogP contribution in [0.2, 0.25) is 0 Å². The van der Waals surface area contributed by atoms with Gasteiger partial charge < -0.3 is 25.6 Å². The average molecular weight is 548 g/mol. The molecule has 4 N–H and O–H groups in total. The van der Waals surface area contributed by atoms with Gasteiger partial charge in [0.1, 0.15) is 11.6 Å². The highest BCUT2D eigenvalue weighted by Gasteiger charge is 2.10. The van der Waals surface area contributed by atoms with Gasteiger partial charge >= 0.3 is 0 Å². The van der Waals surface area contributed by atoms with Crippen LogP contribution < -0.4 is 10.6 Å². The number of halogens is 1. The third-order valence-corrected chi connectivity index (χ3v) is 4.59. The molecule has 1 amide bonds. The molecule has 0 atom stereocenters. The molecule has 32 heavy (non-hydrogen) atoms. The Morgan fingerprint density at radius 3 is 2.53 bits per heavy atom. The summed E-state index contributed by atoms with van der Waals surface area (Å²) < 4.78 is 0. The number of hydrogen-bond acceptors (Lipinski definition) is 4. The molecule has 1 heterocycles. The van der Waals surface area contributed by atoms with Crippen LogP contribution in [0.5, 0.6) is 5.75 Å². The number of amides is 1. The molecule has 3 rings (SSSR count). The quantitative estimate of drug-likeness (QED) is 0.150. The van der Waals surface area contributed by atoms with Gasteiger partial charge in [-0.05, 0) is 36.8 Å². The Labute approximate surface area is 205 Å². The number of imidazole rings is 1. The number of aromatic amines is 1. The lowest BCUT2D eigenvalue weighted by Gasteiger charge is -2.21. The lowest BCUT2D eigenvalue weighted by atomic mass is 10.2. The summed E-state index contributed by atoms with van der Waals surface area (Å²) in [6.45, 7) is 4.15. The van der Waals surface area contributed by atoms with Crippen molar-refractivity contribution in [1.29, 1.82) is 0 Å². The number of rotatable bonds is 8. The first-order chi connectivity index (χ1) is 15.1. The van der Waals surface area contributed by atoms with E-state index < -0.39 is 0 Å². The van der Waals surface area contributed by atoms with Crippen LogP contribution in [0.1, 0.15) is 23.1 Å². The van der Waals surface area contributed by atoms with Gasteiger partial charge in [0.25, 0.3) is 5.91 Å². The van der Waals surface area contributed by atoms with Crippen molar-refractivity contribution < 1.29 is 9.90 Å². The van der Waals surface area contributed by atoms with Gasteiger partial charge in [-0.25, -0.2) is 4.98 Å². The number of aliphatic imine (C=N–C) groups is 1. The minimum absolute atomic E-state index is 0. The van der Waals surface area contributed by atoms with Gasteiger partial charge in [-0.2, -0.15) is 0 Å². The number of H-pyrrole nitrogens is 1. The molecule has 0 unspecified atom stereocenters. The number of aromatic nitrogens is 2. The zero-order valence-corrected chi connectivity index (χ0v) is 20.5. The fourth-order valence-corrected chi connectivity index (χ4v) is 3.02. The minimum Gasteiger partial charge on any atom is -0.508 e. The van der Waals surface area contributed by atoms with Crippen LogP contribution in [0.3, 0.4) is 0 Å².